The lowest BCUT2D eigenvalue weighted by atomic mass is 9.84. The van der Waals surface area contributed by atoms with Crippen LogP contribution in [0.25, 0.3) is 0 Å². The fourth-order valence-corrected chi connectivity index (χ4v) is 4.96. The summed E-state index contributed by atoms with van der Waals surface area (Å²) in [4.78, 5) is 47.3. The Morgan fingerprint density at radius 1 is 1.02 bits per heavy atom. The molecule has 0 heterocycles. The molecule has 8 N–H and O–H groups in total. The van der Waals surface area contributed by atoms with Gasteiger partial charge in [-0.2, -0.15) is 0 Å². The summed E-state index contributed by atoms with van der Waals surface area (Å²) in [6, 6.07) is -0.621. The van der Waals surface area contributed by atoms with E-state index < -0.39 is 84.5 Å². The van der Waals surface area contributed by atoms with Crippen LogP contribution in [-0.4, -0.2) is 85.8 Å². The Bertz CT molecular complexity index is 1240. The number of aliphatic carboxylic acids is 1. The number of ether oxygens (including phenoxy) is 1. The number of nitrogens with two attached hydrogens (primary N) is 1. The van der Waals surface area contributed by atoms with Gasteiger partial charge in [-0.3, -0.25) is 14.4 Å². The van der Waals surface area contributed by atoms with Gasteiger partial charge in [-0.1, -0.05) is 80.5 Å². The van der Waals surface area contributed by atoms with Crippen LogP contribution >= 0.6 is 11.6 Å². The normalized spacial score (nSPS) is 23.5. The number of ketones is 1. The standard InChI is InChI=1S/C34H49ClN2O10/c1-5-6-14-29(47-34(36)46)22(4)27(39)19-28(40)32(43)31(42)21(3)24(35)13-9-7-11-20(2)12-8-10-15-30(41)37-25-18-23(33(44)45)16-17-26(25)38/h6-15,21-23,25-27,29,31-32,38-39,42-43H,5,16-19H2,1-4H3,(H2,36,46)(H,37,41)(H,44,45)/b9-7+,12-8+,14-6+,15-10+,20-11+,24-13-/t21-,22+,23+,25-,26+,27-,29-,31-,32-/m1/s1. The number of carboxylic acid groups (broad SMARTS) is 1. The molecule has 262 valence electrons. The number of hydrogen-bond acceptors (Lipinski definition) is 9. The number of carbonyl (C=O) groups is 4. The highest BCUT2D eigenvalue weighted by Crippen LogP contribution is 2.26. The summed E-state index contributed by atoms with van der Waals surface area (Å²) >= 11 is 6.30. The molecule has 47 heavy (non-hydrogen) atoms. The lowest BCUT2D eigenvalue weighted by Crippen LogP contribution is -2.47. The Kier molecular flexibility index (Phi) is 18.8. The van der Waals surface area contributed by atoms with Crippen LogP contribution in [0.1, 0.15) is 59.8 Å². The van der Waals surface area contributed by atoms with Crippen LogP contribution < -0.4 is 11.1 Å². The molecular weight excluding hydrogens is 632 g/mol. The van der Waals surface area contributed by atoms with Gasteiger partial charge in [0.1, 0.15) is 12.2 Å². The molecule has 0 saturated heterocycles. The topological polar surface area (TPSA) is 217 Å². The summed E-state index contributed by atoms with van der Waals surface area (Å²) < 4.78 is 5.01. The second-order valence-electron chi connectivity index (χ2n) is 11.7. The molecule has 1 saturated carbocycles. The number of carbonyl (C=O) groups excluding carboxylic acids is 3. The van der Waals surface area contributed by atoms with E-state index in [1.807, 2.05) is 13.8 Å². The molecule has 0 aromatic heterocycles. The second-order valence-corrected chi connectivity index (χ2v) is 12.1. The first kappa shape index (κ1) is 41.5. The van der Waals surface area contributed by atoms with Crippen molar-refractivity contribution in [2.24, 2.45) is 23.5 Å². The summed E-state index contributed by atoms with van der Waals surface area (Å²) in [5, 5.41) is 53.6. The van der Waals surface area contributed by atoms with Gasteiger partial charge in [0.25, 0.3) is 0 Å². The Balaban J connectivity index is 2.66. The van der Waals surface area contributed by atoms with Gasteiger partial charge in [0.05, 0.1) is 30.3 Å². The number of allylic oxidation sites excluding steroid dienone is 9. The highest BCUT2D eigenvalue weighted by molar-refractivity contribution is 6.30. The molecule has 9 atom stereocenters. The van der Waals surface area contributed by atoms with E-state index in [2.05, 4.69) is 5.32 Å². The third kappa shape index (κ3) is 15.3. The molecule has 0 aliphatic heterocycles. The molecule has 2 amide bonds. The van der Waals surface area contributed by atoms with E-state index in [1.165, 1.54) is 25.2 Å². The number of hydrogen-bond donors (Lipinski definition) is 7. The van der Waals surface area contributed by atoms with E-state index in [9.17, 15) is 44.7 Å². The molecule has 0 spiro atoms. The van der Waals surface area contributed by atoms with Gasteiger partial charge in [0.2, 0.25) is 5.91 Å². The summed E-state index contributed by atoms with van der Waals surface area (Å²) in [5.41, 5.74) is 5.92. The molecule has 0 aromatic rings. The van der Waals surface area contributed by atoms with Gasteiger partial charge in [-0.25, -0.2) is 4.79 Å². The number of aliphatic hydroxyl groups excluding tert-OH is 4. The minimum atomic E-state index is -1.82. The van der Waals surface area contributed by atoms with E-state index in [1.54, 1.807) is 49.5 Å². The van der Waals surface area contributed by atoms with Crippen molar-refractivity contribution >= 4 is 35.4 Å². The Morgan fingerprint density at radius 3 is 2.28 bits per heavy atom. The zero-order valence-corrected chi connectivity index (χ0v) is 28.0. The largest absolute Gasteiger partial charge is 0.481 e. The number of rotatable bonds is 18. The Morgan fingerprint density at radius 2 is 1.66 bits per heavy atom. The second kappa shape index (κ2) is 21.3. The number of carboxylic acids is 1. The van der Waals surface area contributed by atoms with Crippen molar-refractivity contribution in [2.75, 3.05) is 0 Å². The number of Topliss-reactive ketones (excluding diaryl/α,β-unsaturated/α-hetero) is 1. The smallest absolute Gasteiger partial charge is 0.405 e. The lowest BCUT2D eigenvalue weighted by Gasteiger charge is -2.31. The Hall–Kier alpha value is -3.55. The van der Waals surface area contributed by atoms with E-state index in [0.29, 0.717) is 19.3 Å². The first-order chi connectivity index (χ1) is 22.1. The van der Waals surface area contributed by atoms with E-state index in [4.69, 9.17) is 22.1 Å². The van der Waals surface area contributed by atoms with E-state index >= 15 is 0 Å². The first-order valence-electron chi connectivity index (χ1n) is 15.5. The monoisotopic (exact) mass is 680 g/mol. The molecule has 1 aliphatic carbocycles. The van der Waals surface area contributed by atoms with Crippen molar-refractivity contribution in [3.63, 3.8) is 0 Å². The van der Waals surface area contributed by atoms with Gasteiger partial charge in [0, 0.05) is 29.4 Å². The molecule has 0 aromatic carbocycles. The number of primary amides is 1. The molecule has 1 fully saturated rings. The minimum Gasteiger partial charge on any atom is -0.481 e. The predicted octanol–water partition coefficient (Wildman–Crippen LogP) is 3.20. The fourth-order valence-electron chi connectivity index (χ4n) is 4.76. The van der Waals surface area contributed by atoms with E-state index in [0.717, 1.165) is 5.57 Å². The third-order valence-electron chi connectivity index (χ3n) is 7.88. The summed E-state index contributed by atoms with van der Waals surface area (Å²) in [6.07, 6.45) is 9.64. The van der Waals surface area contributed by atoms with Crippen LogP contribution in [0.2, 0.25) is 0 Å². The first-order valence-corrected chi connectivity index (χ1v) is 15.9. The minimum absolute atomic E-state index is 0.169. The molecule has 13 heteroatoms. The number of nitrogens with one attached hydrogen (secondary N) is 1. The lowest BCUT2D eigenvalue weighted by molar-refractivity contribution is -0.144. The maximum Gasteiger partial charge on any atom is 0.405 e. The highest BCUT2D eigenvalue weighted by Gasteiger charge is 2.35. The average molecular weight is 681 g/mol. The van der Waals surface area contributed by atoms with Crippen molar-refractivity contribution in [1.82, 2.24) is 5.32 Å². The summed E-state index contributed by atoms with van der Waals surface area (Å²) in [6.45, 7) is 6.78. The average Bonchev–Trinajstić information content (AvgIpc) is 3.02. The summed E-state index contributed by atoms with van der Waals surface area (Å²) in [5.74, 6) is -4.33. The van der Waals surface area contributed by atoms with Crippen molar-refractivity contribution in [3.8, 4) is 0 Å². The van der Waals surface area contributed by atoms with Crippen LogP contribution in [0, 0.1) is 17.8 Å². The van der Waals surface area contributed by atoms with Gasteiger partial charge in [-0.05, 0) is 44.8 Å². The van der Waals surface area contributed by atoms with Crippen LogP contribution in [-0.2, 0) is 19.1 Å². The zero-order chi connectivity index (χ0) is 35.7. The molecular formula is C34H49ClN2O10. The molecule has 12 nitrogen and oxygen atoms in total. The number of aliphatic hydroxyl groups is 4. The third-order valence-corrected chi connectivity index (χ3v) is 8.35. The van der Waals surface area contributed by atoms with Crippen molar-refractivity contribution in [2.45, 2.75) is 96.4 Å². The predicted molar refractivity (Wildman–Crippen MR) is 178 cm³/mol. The number of amides is 2. The molecule has 0 bridgehead atoms. The molecule has 0 radical (unpaired) electrons. The van der Waals surface area contributed by atoms with Gasteiger partial charge in [-0.15, -0.1) is 0 Å². The number of halogens is 1. The van der Waals surface area contributed by atoms with Crippen molar-refractivity contribution < 1.29 is 49.4 Å². The van der Waals surface area contributed by atoms with Crippen molar-refractivity contribution in [3.05, 3.63) is 71.4 Å². The van der Waals surface area contributed by atoms with E-state index in [-0.39, 0.29) is 11.5 Å². The Labute approximate surface area is 281 Å². The van der Waals surface area contributed by atoms with Crippen LogP contribution in [0.4, 0.5) is 4.79 Å². The highest BCUT2D eigenvalue weighted by atomic mass is 35.5. The van der Waals surface area contributed by atoms with Crippen LogP contribution in [0.15, 0.2) is 71.4 Å². The quantitative estimate of drug-likeness (QED) is 0.0637. The fraction of sp³-hybridized carbons (Fsp3) is 0.529. The molecule has 0 unspecified atom stereocenters. The van der Waals surface area contributed by atoms with Crippen LogP contribution in [0.3, 0.4) is 0 Å². The molecule has 1 rings (SSSR count). The SMILES string of the molecule is CC/C=C/[C@@H](OC(N)=O)[C@@H](C)[C@H](O)CC(=O)[C@@H](O)[C@H](O)[C@H](C)/C(Cl)=C/C=C/C=C(C)/C=C/C=C/C(=O)N[C@@H]1C[C@@H](C(=O)O)CC[C@@H]1O. The maximum absolute atomic E-state index is 12.6. The molecule has 1 aliphatic rings. The van der Waals surface area contributed by atoms with Gasteiger partial charge < -0.3 is 41.3 Å². The van der Waals surface area contributed by atoms with Gasteiger partial charge in [0.15, 0.2) is 5.78 Å². The van der Waals surface area contributed by atoms with Crippen LogP contribution in [0.5, 0.6) is 0 Å². The van der Waals surface area contributed by atoms with Crippen molar-refractivity contribution in [1.29, 1.82) is 0 Å². The summed E-state index contributed by atoms with van der Waals surface area (Å²) in [7, 11) is 0. The maximum atomic E-state index is 12.6. The zero-order valence-electron chi connectivity index (χ0n) is 27.2. The van der Waals surface area contributed by atoms with Gasteiger partial charge >= 0.3 is 12.1 Å².